The zero-order valence-electron chi connectivity index (χ0n) is 27.0. The van der Waals surface area contributed by atoms with E-state index in [1.54, 1.807) is 73.8 Å². The number of hydrogen-bond acceptors (Lipinski definition) is 5. The Kier molecular flexibility index (Phi) is 11.5. The Hall–Kier alpha value is -5.60. The molecule has 0 heterocycles. The number of para-hydroxylation sites is 1. The van der Waals surface area contributed by atoms with Crippen LogP contribution in [-0.4, -0.2) is 24.8 Å². The van der Waals surface area contributed by atoms with Gasteiger partial charge in [-0.15, -0.1) is 11.8 Å². The molecule has 8 heteroatoms. The molecule has 1 unspecified atom stereocenters. The number of thioether (sulfide) groups is 1. The summed E-state index contributed by atoms with van der Waals surface area (Å²) in [5, 5.41) is 8.33. The Bertz CT molecular complexity index is 1890. The average Bonchev–Trinajstić information content (AvgIpc) is 3.12. The summed E-state index contributed by atoms with van der Waals surface area (Å²) in [5.74, 6) is -0.325. The molecule has 0 fully saturated rings. The van der Waals surface area contributed by atoms with Crippen molar-refractivity contribution < 1.29 is 19.1 Å². The molecular weight excluding hydrogens is 619 g/mol. The summed E-state index contributed by atoms with van der Waals surface area (Å²) in [6.07, 6.45) is 2.42. The van der Waals surface area contributed by atoms with E-state index in [-0.39, 0.29) is 11.6 Å². The Labute approximate surface area is 285 Å². The first-order chi connectivity index (χ1) is 23.3. The van der Waals surface area contributed by atoms with Gasteiger partial charge in [0, 0.05) is 21.8 Å². The summed E-state index contributed by atoms with van der Waals surface area (Å²) in [7, 11) is 1.58. The lowest BCUT2D eigenvalue weighted by molar-refractivity contribution is -0.116. The van der Waals surface area contributed by atoms with E-state index >= 15 is 0 Å². The number of benzene rings is 5. The molecule has 0 saturated carbocycles. The minimum Gasteiger partial charge on any atom is -0.497 e. The maximum atomic E-state index is 13.8. The van der Waals surface area contributed by atoms with Crippen LogP contribution >= 0.6 is 11.8 Å². The normalized spacial score (nSPS) is 11.7. The van der Waals surface area contributed by atoms with Crippen molar-refractivity contribution in [2.75, 3.05) is 17.7 Å². The van der Waals surface area contributed by atoms with Crippen molar-refractivity contribution >= 4 is 46.9 Å². The molecule has 0 saturated heterocycles. The van der Waals surface area contributed by atoms with Gasteiger partial charge in [0.1, 0.15) is 16.7 Å². The number of anilines is 2. The standard InChI is InChI=1S/C40H37N3O4S/c1-4-29-17-11-12-27(2)36(29)43-40(46)37(30-13-7-5-8-14-30)48-34-24-20-32(21-25-34)41-39(45)35(26-28-18-22-33(47-3)23-19-28)42-38(44)31-15-9-6-10-16-31/h5-26,37H,4H2,1-3H3,(H,41,45)(H,42,44)(H,43,46)/b35-26-. The average molecular weight is 656 g/mol. The van der Waals surface area contributed by atoms with Crippen molar-refractivity contribution in [2.24, 2.45) is 0 Å². The first-order valence-corrected chi connectivity index (χ1v) is 16.5. The summed E-state index contributed by atoms with van der Waals surface area (Å²) in [5.41, 5.74) is 5.58. The van der Waals surface area contributed by atoms with Gasteiger partial charge in [-0.3, -0.25) is 14.4 Å². The Morgan fingerprint density at radius 1 is 0.771 bits per heavy atom. The van der Waals surface area contributed by atoms with Gasteiger partial charge in [-0.1, -0.05) is 85.8 Å². The minimum atomic E-state index is -0.511. The second kappa shape index (κ2) is 16.3. The number of nitrogens with one attached hydrogen (secondary N) is 3. The van der Waals surface area contributed by atoms with Crippen LogP contribution in [0.1, 0.15) is 44.8 Å². The Balaban J connectivity index is 1.34. The van der Waals surface area contributed by atoms with Crippen LogP contribution in [0.3, 0.4) is 0 Å². The van der Waals surface area contributed by atoms with Gasteiger partial charge >= 0.3 is 0 Å². The molecule has 0 spiro atoms. The number of hydrogen-bond donors (Lipinski definition) is 3. The summed E-state index contributed by atoms with van der Waals surface area (Å²) >= 11 is 1.43. The molecule has 7 nitrogen and oxygen atoms in total. The lowest BCUT2D eigenvalue weighted by Crippen LogP contribution is -2.30. The van der Waals surface area contributed by atoms with E-state index in [0.29, 0.717) is 22.6 Å². The van der Waals surface area contributed by atoms with Gasteiger partial charge in [0.2, 0.25) is 5.91 Å². The van der Waals surface area contributed by atoms with Crippen LogP contribution in [0.4, 0.5) is 11.4 Å². The topological polar surface area (TPSA) is 96.5 Å². The Morgan fingerprint density at radius 3 is 2.08 bits per heavy atom. The van der Waals surface area contributed by atoms with Crippen molar-refractivity contribution in [2.45, 2.75) is 30.4 Å². The van der Waals surface area contributed by atoms with Gasteiger partial charge in [-0.05, 0) is 90.2 Å². The van der Waals surface area contributed by atoms with Crippen molar-refractivity contribution in [3.05, 3.63) is 161 Å². The lowest BCUT2D eigenvalue weighted by atomic mass is 10.1. The summed E-state index contributed by atoms with van der Waals surface area (Å²) in [6.45, 7) is 4.07. The fourth-order valence-electron chi connectivity index (χ4n) is 5.05. The molecule has 242 valence electrons. The van der Waals surface area contributed by atoms with Crippen molar-refractivity contribution in [3.63, 3.8) is 0 Å². The predicted octanol–water partition coefficient (Wildman–Crippen LogP) is 8.45. The Morgan fingerprint density at radius 2 is 1.44 bits per heavy atom. The second-order valence-electron chi connectivity index (χ2n) is 11.0. The SMILES string of the molecule is CCc1cccc(C)c1NC(=O)C(Sc1ccc(NC(=O)/C(=C/c2ccc(OC)cc2)NC(=O)c2ccccc2)cc1)c1ccccc1. The predicted molar refractivity (Wildman–Crippen MR) is 194 cm³/mol. The number of amides is 3. The molecule has 3 N–H and O–H groups in total. The van der Waals surface area contributed by atoms with Crippen molar-refractivity contribution in [1.29, 1.82) is 0 Å². The fourth-order valence-corrected chi connectivity index (χ4v) is 6.08. The second-order valence-corrected chi connectivity index (χ2v) is 12.2. The van der Waals surface area contributed by atoms with Gasteiger partial charge < -0.3 is 20.7 Å². The molecular formula is C40H37N3O4S. The fraction of sp³-hybridized carbons (Fsp3) is 0.125. The number of carbonyl (C=O) groups is 3. The van der Waals surface area contributed by atoms with Crippen LogP contribution in [0.25, 0.3) is 6.08 Å². The monoisotopic (exact) mass is 655 g/mol. The van der Waals surface area contributed by atoms with E-state index in [1.165, 1.54) is 11.8 Å². The lowest BCUT2D eigenvalue weighted by Gasteiger charge is -2.20. The highest BCUT2D eigenvalue weighted by atomic mass is 32.2. The highest BCUT2D eigenvalue weighted by Crippen LogP contribution is 2.37. The number of rotatable bonds is 12. The molecule has 0 aliphatic heterocycles. The maximum absolute atomic E-state index is 13.8. The highest BCUT2D eigenvalue weighted by Gasteiger charge is 2.24. The molecule has 48 heavy (non-hydrogen) atoms. The number of aryl methyl sites for hydroxylation is 2. The zero-order chi connectivity index (χ0) is 33.9. The molecule has 5 rings (SSSR count). The van der Waals surface area contributed by atoms with Crippen LogP contribution in [-0.2, 0) is 16.0 Å². The highest BCUT2D eigenvalue weighted by molar-refractivity contribution is 8.00. The minimum absolute atomic E-state index is 0.0796. The molecule has 1 atom stereocenters. The van der Waals surface area contributed by atoms with E-state index in [1.807, 2.05) is 73.7 Å². The van der Waals surface area contributed by atoms with Crippen molar-refractivity contribution in [1.82, 2.24) is 5.32 Å². The maximum Gasteiger partial charge on any atom is 0.272 e. The van der Waals surface area contributed by atoms with E-state index in [0.717, 1.165) is 33.7 Å². The summed E-state index contributed by atoms with van der Waals surface area (Å²) < 4.78 is 5.24. The van der Waals surface area contributed by atoms with E-state index in [2.05, 4.69) is 22.9 Å². The molecule has 0 aliphatic rings. The molecule has 5 aromatic carbocycles. The van der Waals surface area contributed by atoms with E-state index in [4.69, 9.17) is 4.74 Å². The molecule has 3 amide bonds. The van der Waals surface area contributed by atoms with Crippen LogP contribution in [0, 0.1) is 6.92 Å². The molecule has 0 aromatic heterocycles. The van der Waals surface area contributed by atoms with Gasteiger partial charge in [-0.25, -0.2) is 0 Å². The first kappa shape index (κ1) is 33.8. The van der Waals surface area contributed by atoms with Crippen LogP contribution in [0.5, 0.6) is 5.75 Å². The van der Waals surface area contributed by atoms with Gasteiger partial charge in [0.25, 0.3) is 11.8 Å². The molecule has 0 radical (unpaired) electrons. The van der Waals surface area contributed by atoms with E-state index in [9.17, 15) is 14.4 Å². The molecule has 0 bridgehead atoms. The first-order valence-electron chi connectivity index (χ1n) is 15.6. The molecule has 0 aliphatic carbocycles. The van der Waals surface area contributed by atoms with Crippen LogP contribution in [0.2, 0.25) is 0 Å². The third-order valence-electron chi connectivity index (χ3n) is 7.65. The third-order valence-corrected chi connectivity index (χ3v) is 8.92. The molecule has 5 aromatic rings. The van der Waals surface area contributed by atoms with E-state index < -0.39 is 17.1 Å². The van der Waals surface area contributed by atoms with Crippen LogP contribution < -0.4 is 20.7 Å². The van der Waals surface area contributed by atoms with Crippen LogP contribution in [0.15, 0.2) is 138 Å². The zero-order valence-corrected chi connectivity index (χ0v) is 27.8. The van der Waals surface area contributed by atoms with Gasteiger partial charge in [0.15, 0.2) is 0 Å². The van der Waals surface area contributed by atoms with Gasteiger partial charge in [0.05, 0.1) is 7.11 Å². The van der Waals surface area contributed by atoms with Gasteiger partial charge in [-0.2, -0.15) is 0 Å². The largest absolute Gasteiger partial charge is 0.497 e. The number of ether oxygens (including phenoxy) is 1. The summed E-state index contributed by atoms with van der Waals surface area (Å²) in [4.78, 5) is 41.1. The number of methoxy groups -OCH3 is 1. The van der Waals surface area contributed by atoms with Crippen molar-refractivity contribution in [3.8, 4) is 5.75 Å². The smallest absolute Gasteiger partial charge is 0.272 e. The quantitative estimate of drug-likeness (QED) is 0.0926. The summed E-state index contributed by atoms with van der Waals surface area (Å²) in [6, 6.07) is 38.9. The number of carbonyl (C=O) groups excluding carboxylic acids is 3. The third kappa shape index (κ3) is 8.80.